The molecule has 0 bridgehead atoms. The molecule has 0 heterocycles. The Morgan fingerprint density at radius 1 is 0.170 bits per heavy atom. The van der Waals surface area contributed by atoms with E-state index < -0.39 is 45.1 Å². The van der Waals surface area contributed by atoms with Gasteiger partial charge in [0.1, 0.15) is 31.8 Å². The van der Waals surface area contributed by atoms with Crippen molar-refractivity contribution in [2.45, 2.75) is 26.4 Å². The van der Waals surface area contributed by atoms with Gasteiger partial charge in [0.05, 0.1) is 15.8 Å². The maximum absolute atomic E-state index is 8.51. The van der Waals surface area contributed by atoms with Gasteiger partial charge in [0, 0.05) is 108 Å². The summed E-state index contributed by atoms with van der Waals surface area (Å²) in [6.45, 7) is 0.337. The molecular weight excluding hydrogens is 1900 g/mol. The Morgan fingerprint density at radius 3 is 0.402 bits per heavy atom. The van der Waals surface area contributed by atoms with Crippen molar-refractivity contribution in [3.63, 3.8) is 0 Å². The van der Waals surface area contributed by atoms with Crippen LogP contribution in [0.5, 0.6) is 0 Å². The number of aliphatic hydroxyl groups is 4. The molecule has 4 nitrogen and oxygen atoms in total. The molecule has 112 heavy (non-hydrogen) atoms. The van der Waals surface area contributed by atoms with Crippen LogP contribution >= 0.6 is 15.8 Å². The standard InChI is InChI=1S/2C18H16As.2C18H15P.4C7H7O.4Pd/c4*1-4-10-16(11-5-1)19(17-12-6-2-7-13-17)18-14-8-3-9-15-18;4*8-6-7-4-2-1-3-5-7;;;;/h2*1-15,19H;2*1-15H;4*1-4,8H,6H2;;;;/q;;;;4*-1;;;;/p+2. The van der Waals surface area contributed by atoms with Crippen LogP contribution in [0.2, 0.25) is 0 Å². The van der Waals surface area contributed by atoms with Crippen LogP contribution < -0.4 is 57.9 Å². The number of hydrogen-bond acceptors (Lipinski definition) is 4. The molecule has 0 unspecified atom stereocenters. The fraction of sp³-hybridized carbons (Fsp3) is 0.0400. The van der Waals surface area contributed by atoms with Gasteiger partial charge in [-0.25, -0.2) is 0 Å². The van der Waals surface area contributed by atoms with E-state index in [0.717, 1.165) is 22.3 Å². The predicted molar refractivity (Wildman–Crippen MR) is 469 cm³/mol. The molecule has 0 aliphatic heterocycles. The smallest absolute Gasteiger partial charge is 0.0620 e. The van der Waals surface area contributed by atoms with Crippen LogP contribution in [-0.4, -0.2) is 49.7 Å². The minimum Gasteiger partial charge on any atom is -0.0620 e. The van der Waals surface area contributed by atoms with Gasteiger partial charge >= 0.3 is 237 Å². The first kappa shape index (κ1) is 94.6. The van der Waals surface area contributed by atoms with Crippen LogP contribution in [0.1, 0.15) is 22.3 Å². The van der Waals surface area contributed by atoms with Crippen LogP contribution in [0.4, 0.5) is 0 Å². The van der Waals surface area contributed by atoms with Crippen LogP contribution in [0.15, 0.2) is 461 Å². The summed E-state index contributed by atoms with van der Waals surface area (Å²) in [4.78, 5) is 0. The molecule has 16 rings (SSSR count). The van der Waals surface area contributed by atoms with Gasteiger partial charge in [-0.05, 0) is 72.8 Å². The first-order valence-corrected chi connectivity index (χ1v) is 45.2. The predicted octanol–water partition coefficient (Wildman–Crippen LogP) is 14.1. The van der Waals surface area contributed by atoms with Crippen molar-refractivity contribution in [2.24, 2.45) is 0 Å². The number of benzene rings is 16. The van der Waals surface area contributed by atoms with Gasteiger partial charge in [-0.1, -0.05) is 109 Å². The summed E-state index contributed by atoms with van der Waals surface area (Å²) in [6, 6.07) is 172. The van der Waals surface area contributed by atoms with E-state index in [4.69, 9.17) is 20.4 Å². The Labute approximate surface area is 731 Å². The zero-order valence-electron chi connectivity index (χ0n) is 61.8. The third-order valence-corrected chi connectivity index (χ3v) is 33.5. The Morgan fingerprint density at radius 2 is 0.295 bits per heavy atom. The largest absolute Gasteiger partial charge is 0.102 e. The van der Waals surface area contributed by atoms with Gasteiger partial charge in [0.25, 0.3) is 0 Å². The molecule has 0 amide bonds. The minimum absolute atomic E-state index is 0. The Kier molecular flexibility index (Phi) is 48.9. The first-order chi connectivity index (χ1) is 53.5. The fourth-order valence-corrected chi connectivity index (χ4v) is 27.3. The molecule has 2 radical (unpaired) electrons. The molecule has 0 spiro atoms. The van der Waals surface area contributed by atoms with E-state index in [1.54, 1.807) is 24.3 Å². The van der Waals surface area contributed by atoms with Crippen molar-refractivity contribution in [2.75, 3.05) is 0 Å². The van der Waals surface area contributed by atoms with Gasteiger partial charge in [0.15, 0.2) is 0 Å². The summed E-state index contributed by atoms with van der Waals surface area (Å²) in [5.74, 6) is 0. The topological polar surface area (TPSA) is 80.9 Å². The Bertz CT molecular complexity index is 3860. The van der Waals surface area contributed by atoms with Crippen molar-refractivity contribution in [1.82, 2.24) is 0 Å². The van der Waals surface area contributed by atoms with E-state index in [9.17, 15) is 0 Å². The zero-order valence-corrected chi connectivity index (χ0v) is 74.2. The van der Waals surface area contributed by atoms with Crippen molar-refractivity contribution >= 4 is 103 Å². The summed E-state index contributed by atoms with van der Waals surface area (Å²) in [6.07, 6.45) is 0. The molecule has 0 aromatic heterocycles. The Balaban J connectivity index is 0.000000234. The van der Waals surface area contributed by atoms with Crippen molar-refractivity contribution < 1.29 is 102 Å². The van der Waals surface area contributed by atoms with E-state index in [-0.39, 0.29) is 108 Å². The monoisotopic (exact) mass is 1990 g/mol. The molecule has 0 atom stereocenters. The molecular formula is C100H92As2O4P2Pd4-2. The minimum atomic E-state index is -1.63. The Hall–Kier alpha value is -8.01. The molecule has 0 saturated heterocycles. The van der Waals surface area contributed by atoms with Gasteiger partial charge < -0.3 is 20.4 Å². The third kappa shape index (κ3) is 33.6. The zero-order chi connectivity index (χ0) is 74.9. The van der Waals surface area contributed by atoms with Crippen LogP contribution in [0.3, 0.4) is 0 Å². The van der Waals surface area contributed by atoms with Crippen LogP contribution in [-0.2, 0) is 108 Å². The second-order valence-electron chi connectivity index (χ2n) is 24.1. The average molecular weight is 2000 g/mol. The van der Waals surface area contributed by atoms with Crippen molar-refractivity contribution in [1.29, 1.82) is 0 Å². The second kappa shape index (κ2) is 57.9. The molecule has 0 fully saturated rings. The summed E-state index contributed by atoms with van der Waals surface area (Å²) in [5.41, 5.74) is 3.36. The summed E-state index contributed by atoms with van der Waals surface area (Å²) in [5, 5.41) is 42.6. The molecule has 4 N–H and O–H groups in total. The third-order valence-electron chi connectivity index (χ3n) is 16.5. The number of hydrogen-bond donors (Lipinski definition) is 4. The van der Waals surface area contributed by atoms with Gasteiger partial charge in [-0.3, -0.25) is 0 Å². The second-order valence-corrected chi connectivity index (χ2v) is 39.5. The normalized spacial score (nSPS) is 9.79. The molecule has 578 valence electrons. The molecule has 16 aromatic rings. The van der Waals surface area contributed by atoms with E-state index in [0.29, 0.717) is 0 Å². The summed E-state index contributed by atoms with van der Waals surface area (Å²) in [7, 11) is -1.75. The van der Waals surface area contributed by atoms with E-state index in [2.05, 4.69) is 388 Å². The van der Waals surface area contributed by atoms with Crippen molar-refractivity contribution in [3.8, 4) is 0 Å². The van der Waals surface area contributed by atoms with E-state index in [1.807, 2.05) is 72.8 Å². The van der Waals surface area contributed by atoms with Crippen LogP contribution in [0, 0.1) is 24.3 Å². The molecule has 0 aliphatic carbocycles. The van der Waals surface area contributed by atoms with Gasteiger partial charge in [0.2, 0.25) is 0 Å². The average Bonchev–Trinajstić information content (AvgIpc) is 0.839. The van der Waals surface area contributed by atoms with E-state index >= 15 is 0 Å². The first-order valence-electron chi connectivity index (χ1n) is 35.9. The maximum Gasteiger partial charge on any atom is 0.102 e. The van der Waals surface area contributed by atoms with Gasteiger partial charge in [-0.15, -0.1) is 22.3 Å². The maximum atomic E-state index is 8.51. The van der Waals surface area contributed by atoms with E-state index in [1.165, 1.54) is 57.9 Å². The molecule has 12 heteroatoms. The SMILES string of the molecule is OCc1[c-]cccc1.OCc1[c-]cccc1.OCc1[c-]cccc1.OCc1[c-]cccc1.[Pd].[Pd].[Pd].[Pd].c1ccc([AsH](c2ccccc2)c2ccccc2)cc1.c1ccc([AsH](c2ccccc2)c2ccccc2)cc1.c1ccc([PH+](c2ccccc2)c2ccccc2)cc1.c1ccc([PH+](c2ccccc2)c2ccccc2)cc1. The molecule has 0 aliphatic rings. The quantitative estimate of drug-likeness (QED) is 0.0441. The number of aliphatic hydroxyl groups excluding tert-OH is 4. The van der Waals surface area contributed by atoms with Crippen molar-refractivity contribution in [3.05, 3.63) is 508 Å². The number of rotatable bonds is 16. The van der Waals surface area contributed by atoms with Crippen LogP contribution in [0.25, 0.3) is 0 Å². The molecule has 16 aromatic carbocycles. The fourth-order valence-electron chi connectivity index (χ4n) is 11.4. The summed E-state index contributed by atoms with van der Waals surface area (Å²) >= 11 is -3.26. The van der Waals surface area contributed by atoms with Gasteiger partial charge in [-0.2, -0.15) is 121 Å². The summed E-state index contributed by atoms with van der Waals surface area (Å²) < 4.78 is 9.00. The molecule has 0 saturated carbocycles.